The number of carbonyl (C=O) groups is 1. The minimum atomic E-state index is -0.0743. The van der Waals surface area contributed by atoms with Gasteiger partial charge in [-0.1, -0.05) is 41.4 Å². The summed E-state index contributed by atoms with van der Waals surface area (Å²) < 4.78 is 7.30. The molecule has 1 aliphatic rings. The predicted octanol–water partition coefficient (Wildman–Crippen LogP) is 2.69. The smallest absolute Gasteiger partial charge is 0.260 e. The Morgan fingerprint density at radius 3 is 2.53 bits per heavy atom. The van der Waals surface area contributed by atoms with Crippen molar-refractivity contribution in [2.24, 2.45) is 0 Å². The van der Waals surface area contributed by atoms with Crippen molar-refractivity contribution in [1.82, 2.24) is 30.0 Å². The van der Waals surface area contributed by atoms with Crippen LogP contribution in [0.4, 0.5) is 0 Å². The summed E-state index contributed by atoms with van der Waals surface area (Å²) in [4.78, 5) is 16.5. The normalized spacial score (nSPS) is 14.7. The first-order chi connectivity index (χ1) is 14.6. The Morgan fingerprint density at radius 1 is 1.03 bits per heavy atom. The Labute approximate surface area is 183 Å². The van der Waals surface area contributed by atoms with Gasteiger partial charge in [0, 0.05) is 31.2 Å². The van der Waals surface area contributed by atoms with Gasteiger partial charge in [0.15, 0.2) is 12.4 Å². The fourth-order valence-electron chi connectivity index (χ4n) is 3.25. The van der Waals surface area contributed by atoms with Crippen LogP contribution in [0.15, 0.2) is 48.5 Å². The zero-order valence-electron chi connectivity index (χ0n) is 16.1. The molecule has 0 unspecified atom stereocenters. The molecule has 0 saturated carbocycles. The summed E-state index contributed by atoms with van der Waals surface area (Å²) in [5, 5.41) is 13.0. The van der Waals surface area contributed by atoms with Gasteiger partial charge in [0.05, 0.1) is 17.3 Å². The van der Waals surface area contributed by atoms with Crippen molar-refractivity contribution in [2.45, 2.75) is 6.54 Å². The molecule has 0 atom stereocenters. The molecule has 0 aliphatic carbocycles. The average molecular weight is 447 g/mol. The van der Waals surface area contributed by atoms with Gasteiger partial charge in [-0.2, -0.15) is 4.68 Å². The quantitative estimate of drug-likeness (QED) is 0.579. The maximum atomic E-state index is 12.5. The lowest BCUT2D eigenvalue weighted by Crippen LogP contribution is -2.49. The summed E-state index contributed by atoms with van der Waals surface area (Å²) in [5.74, 6) is 1.14. The molecule has 1 fully saturated rings. The van der Waals surface area contributed by atoms with Crippen molar-refractivity contribution in [3.05, 3.63) is 64.4 Å². The highest BCUT2D eigenvalue weighted by molar-refractivity contribution is 6.35. The molecule has 0 radical (unpaired) electrons. The molecule has 1 aromatic heterocycles. The summed E-state index contributed by atoms with van der Waals surface area (Å²) in [6.07, 6.45) is 0. The van der Waals surface area contributed by atoms with E-state index in [-0.39, 0.29) is 12.5 Å². The summed E-state index contributed by atoms with van der Waals surface area (Å²) in [7, 11) is 0. The lowest BCUT2D eigenvalue weighted by atomic mass is 10.3. The van der Waals surface area contributed by atoms with E-state index in [4.69, 9.17) is 27.9 Å². The minimum Gasteiger partial charge on any atom is -0.482 e. The molecule has 8 nitrogen and oxygen atoms in total. The molecule has 0 spiro atoms. The van der Waals surface area contributed by atoms with Crippen molar-refractivity contribution >= 4 is 29.1 Å². The number of ether oxygens (including phenoxy) is 1. The van der Waals surface area contributed by atoms with Crippen molar-refractivity contribution in [3.63, 3.8) is 0 Å². The Balaban J connectivity index is 1.28. The largest absolute Gasteiger partial charge is 0.482 e. The van der Waals surface area contributed by atoms with E-state index in [0.29, 0.717) is 35.4 Å². The fraction of sp³-hybridized carbons (Fsp3) is 0.300. The summed E-state index contributed by atoms with van der Waals surface area (Å²) >= 11 is 12.0. The molecule has 1 amide bonds. The van der Waals surface area contributed by atoms with Gasteiger partial charge in [-0.05, 0) is 40.8 Å². The zero-order valence-corrected chi connectivity index (χ0v) is 17.6. The van der Waals surface area contributed by atoms with E-state index in [2.05, 4.69) is 20.4 Å². The van der Waals surface area contributed by atoms with Gasteiger partial charge in [-0.3, -0.25) is 9.69 Å². The first kappa shape index (κ1) is 20.6. The number of amides is 1. The van der Waals surface area contributed by atoms with Gasteiger partial charge in [0.25, 0.3) is 5.91 Å². The number of rotatable bonds is 6. The monoisotopic (exact) mass is 446 g/mol. The minimum absolute atomic E-state index is 0.0619. The highest BCUT2D eigenvalue weighted by Gasteiger charge is 2.23. The first-order valence-electron chi connectivity index (χ1n) is 9.51. The fourth-order valence-corrected chi connectivity index (χ4v) is 3.72. The van der Waals surface area contributed by atoms with E-state index in [1.165, 1.54) is 0 Å². The van der Waals surface area contributed by atoms with E-state index >= 15 is 0 Å². The second kappa shape index (κ2) is 9.42. The standard InChI is InChI=1S/C20H20Cl2N6O2/c21-15-6-7-18(17(22)12-15)30-14-20(29)27-10-8-26(9-11-27)13-19-23-24-25-28(19)16-4-2-1-3-5-16/h1-7,12H,8-11,13-14H2. The van der Waals surface area contributed by atoms with Crippen LogP contribution in [-0.4, -0.2) is 68.7 Å². The molecule has 2 aromatic carbocycles. The molecular formula is C20H20Cl2N6O2. The number of hydrogen-bond donors (Lipinski definition) is 0. The van der Waals surface area contributed by atoms with Crippen molar-refractivity contribution < 1.29 is 9.53 Å². The SMILES string of the molecule is O=C(COc1ccc(Cl)cc1Cl)N1CCN(Cc2nnnn2-c2ccccc2)CC1. The Bertz CT molecular complexity index is 1010. The summed E-state index contributed by atoms with van der Waals surface area (Å²) in [5.41, 5.74) is 0.921. The number of aromatic nitrogens is 4. The van der Waals surface area contributed by atoms with E-state index < -0.39 is 0 Å². The molecule has 0 N–H and O–H groups in total. The van der Waals surface area contributed by atoms with Gasteiger partial charge in [0.1, 0.15) is 5.75 Å². The summed E-state index contributed by atoms with van der Waals surface area (Å²) in [6.45, 7) is 3.24. The topological polar surface area (TPSA) is 76.4 Å². The molecule has 0 bridgehead atoms. The predicted molar refractivity (Wildman–Crippen MR) is 113 cm³/mol. The third-order valence-corrected chi connectivity index (χ3v) is 5.40. The molecule has 1 aliphatic heterocycles. The van der Waals surface area contributed by atoms with Crippen LogP contribution >= 0.6 is 23.2 Å². The van der Waals surface area contributed by atoms with Crippen molar-refractivity contribution in [3.8, 4) is 11.4 Å². The Hall–Kier alpha value is -2.68. The summed E-state index contributed by atoms with van der Waals surface area (Å²) in [6, 6.07) is 14.7. The molecule has 3 aromatic rings. The van der Waals surface area contributed by atoms with E-state index in [0.717, 1.165) is 24.6 Å². The molecule has 10 heteroatoms. The third kappa shape index (κ3) is 4.89. The first-order valence-corrected chi connectivity index (χ1v) is 10.3. The molecule has 30 heavy (non-hydrogen) atoms. The average Bonchev–Trinajstić information content (AvgIpc) is 3.22. The number of hydrogen-bond acceptors (Lipinski definition) is 6. The molecule has 1 saturated heterocycles. The van der Waals surface area contributed by atoms with Crippen molar-refractivity contribution in [1.29, 1.82) is 0 Å². The number of para-hydroxylation sites is 1. The highest BCUT2D eigenvalue weighted by atomic mass is 35.5. The van der Waals surface area contributed by atoms with E-state index in [1.54, 1.807) is 27.8 Å². The number of tetrazole rings is 1. The van der Waals surface area contributed by atoms with Crippen LogP contribution in [-0.2, 0) is 11.3 Å². The van der Waals surface area contributed by atoms with Crippen LogP contribution in [0.25, 0.3) is 5.69 Å². The van der Waals surface area contributed by atoms with Gasteiger partial charge in [-0.25, -0.2) is 0 Å². The molecular weight excluding hydrogens is 427 g/mol. The number of halogens is 2. The third-order valence-electron chi connectivity index (χ3n) is 4.87. The molecule has 2 heterocycles. The van der Waals surface area contributed by atoms with E-state index in [9.17, 15) is 4.79 Å². The zero-order chi connectivity index (χ0) is 20.9. The van der Waals surface area contributed by atoms with Crippen molar-refractivity contribution in [2.75, 3.05) is 32.8 Å². The second-order valence-corrected chi connectivity index (χ2v) is 7.71. The number of piperazine rings is 1. The van der Waals surface area contributed by atoms with Crippen LogP contribution in [0.2, 0.25) is 10.0 Å². The van der Waals surface area contributed by atoms with E-state index in [1.807, 2.05) is 30.3 Å². The lowest BCUT2D eigenvalue weighted by Gasteiger charge is -2.34. The Morgan fingerprint density at radius 2 is 1.80 bits per heavy atom. The van der Waals surface area contributed by atoms with Crippen LogP contribution in [0.3, 0.4) is 0 Å². The van der Waals surface area contributed by atoms with Crippen LogP contribution < -0.4 is 4.74 Å². The van der Waals surface area contributed by atoms with Gasteiger partial charge < -0.3 is 9.64 Å². The van der Waals surface area contributed by atoms with Gasteiger partial charge in [-0.15, -0.1) is 5.10 Å². The van der Waals surface area contributed by atoms with Crippen LogP contribution in [0.1, 0.15) is 5.82 Å². The van der Waals surface area contributed by atoms with Crippen LogP contribution in [0.5, 0.6) is 5.75 Å². The highest BCUT2D eigenvalue weighted by Crippen LogP contribution is 2.27. The van der Waals surface area contributed by atoms with Gasteiger partial charge >= 0.3 is 0 Å². The van der Waals surface area contributed by atoms with Gasteiger partial charge in [0.2, 0.25) is 0 Å². The number of carbonyl (C=O) groups excluding carboxylic acids is 1. The lowest BCUT2D eigenvalue weighted by molar-refractivity contribution is -0.135. The van der Waals surface area contributed by atoms with Crippen LogP contribution in [0, 0.1) is 0 Å². The number of nitrogens with zero attached hydrogens (tertiary/aromatic N) is 6. The maximum Gasteiger partial charge on any atom is 0.260 e. The number of benzene rings is 2. The molecule has 156 valence electrons. The Kier molecular flexibility index (Phi) is 6.47. The molecule has 4 rings (SSSR count). The second-order valence-electron chi connectivity index (χ2n) is 6.86. The maximum absolute atomic E-state index is 12.5.